The Labute approximate surface area is 143 Å². The van der Waals surface area contributed by atoms with Crippen LogP contribution in [0, 0.1) is 17.6 Å². The molecule has 1 atom stereocenters. The van der Waals surface area contributed by atoms with E-state index in [1.807, 2.05) is 0 Å². The largest absolute Gasteiger partial charge is 0.508 e. The third-order valence-corrected chi connectivity index (χ3v) is 3.65. The highest BCUT2D eigenvalue weighted by Crippen LogP contribution is 2.15. The van der Waals surface area contributed by atoms with Gasteiger partial charge in [0.05, 0.1) is 13.0 Å². The summed E-state index contributed by atoms with van der Waals surface area (Å²) in [6, 6.07) is 9.31. The highest BCUT2D eigenvalue weighted by Gasteiger charge is 2.23. The van der Waals surface area contributed by atoms with Gasteiger partial charge < -0.3 is 15.2 Å². The Morgan fingerprint density at radius 2 is 1.72 bits per heavy atom. The predicted octanol–water partition coefficient (Wildman–Crippen LogP) is 2.43. The summed E-state index contributed by atoms with van der Waals surface area (Å²) in [6.07, 6.45) is 0.229. The number of carbonyl (C=O) groups excluding carboxylic acids is 2. The molecule has 0 spiro atoms. The van der Waals surface area contributed by atoms with Gasteiger partial charge in [0, 0.05) is 6.54 Å². The lowest BCUT2D eigenvalue weighted by Gasteiger charge is -2.16. The van der Waals surface area contributed by atoms with Gasteiger partial charge in [-0.3, -0.25) is 9.59 Å². The SMILES string of the molecule is COC(=O)[C@@H](CNC(=O)c1c(F)cccc1F)Cc1ccc(O)cc1. The van der Waals surface area contributed by atoms with Crippen LogP contribution in [0.3, 0.4) is 0 Å². The quantitative estimate of drug-likeness (QED) is 0.786. The molecule has 2 N–H and O–H groups in total. The van der Waals surface area contributed by atoms with E-state index in [-0.39, 0.29) is 18.7 Å². The monoisotopic (exact) mass is 349 g/mol. The molecule has 0 saturated carbocycles. The zero-order valence-corrected chi connectivity index (χ0v) is 13.5. The van der Waals surface area contributed by atoms with Gasteiger partial charge in [-0.15, -0.1) is 0 Å². The van der Waals surface area contributed by atoms with Crippen molar-refractivity contribution in [3.63, 3.8) is 0 Å². The van der Waals surface area contributed by atoms with Gasteiger partial charge in [-0.2, -0.15) is 0 Å². The average Bonchev–Trinajstić information content (AvgIpc) is 2.59. The molecular formula is C18H17F2NO4. The second kappa shape index (κ2) is 8.23. The first kappa shape index (κ1) is 18.4. The Morgan fingerprint density at radius 3 is 2.28 bits per heavy atom. The molecule has 0 fully saturated rings. The van der Waals surface area contributed by atoms with Gasteiger partial charge in [-0.05, 0) is 36.2 Å². The summed E-state index contributed by atoms with van der Waals surface area (Å²) in [7, 11) is 1.21. The Hall–Kier alpha value is -2.96. The molecule has 0 aromatic heterocycles. The Balaban J connectivity index is 2.08. The number of halogens is 2. The lowest BCUT2D eigenvalue weighted by Crippen LogP contribution is -2.35. The molecule has 0 aliphatic heterocycles. The van der Waals surface area contributed by atoms with Crippen molar-refractivity contribution in [2.45, 2.75) is 6.42 Å². The van der Waals surface area contributed by atoms with Crippen LogP contribution in [-0.4, -0.2) is 30.6 Å². The van der Waals surface area contributed by atoms with Crippen molar-refractivity contribution in [3.8, 4) is 5.75 Å². The number of aromatic hydroxyl groups is 1. The number of carbonyl (C=O) groups is 2. The van der Waals surface area contributed by atoms with Crippen molar-refractivity contribution in [1.82, 2.24) is 5.32 Å². The van der Waals surface area contributed by atoms with Crippen LogP contribution in [0.4, 0.5) is 8.78 Å². The maximum atomic E-state index is 13.6. The van der Waals surface area contributed by atoms with E-state index in [2.05, 4.69) is 5.32 Å². The molecule has 2 aromatic carbocycles. The van der Waals surface area contributed by atoms with Crippen molar-refractivity contribution < 1.29 is 28.2 Å². The molecule has 2 aromatic rings. The lowest BCUT2D eigenvalue weighted by atomic mass is 9.99. The van der Waals surface area contributed by atoms with Gasteiger partial charge in [-0.1, -0.05) is 18.2 Å². The Bertz CT molecular complexity index is 742. The Kier molecular flexibility index (Phi) is 6.05. The number of amides is 1. The molecule has 0 aliphatic rings. The molecule has 7 heteroatoms. The van der Waals surface area contributed by atoms with E-state index in [1.165, 1.54) is 19.2 Å². The van der Waals surface area contributed by atoms with Gasteiger partial charge in [-0.25, -0.2) is 8.78 Å². The first-order valence-electron chi connectivity index (χ1n) is 7.50. The number of hydrogen-bond acceptors (Lipinski definition) is 4. The van der Waals surface area contributed by atoms with E-state index < -0.39 is 35.0 Å². The van der Waals surface area contributed by atoms with E-state index in [0.29, 0.717) is 0 Å². The number of rotatable bonds is 6. The van der Waals surface area contributed by atoms with Gasteiger partial charge >= 0.3 is 5.97 Å². The van der Waals surface area contributed by atoms with Gasteiger partial charge in [0.15, 0.2) is 0 Å². The normalized spacial score (nSPS) is 11.6. The minimum Gasteiger partial charge on any atom is -0.508 e. The number of esters is 1. The summed E-state index contributed by atoms with van der Waals surface area (Å²) in [5, 5.41) is 11.6. The first-order chi connectivity index (χ1) is 11.9. The molecule has 0 heterocycles. The average molecular weight is 349 g/mol. The van der Waals surface area contributed by atoms with Gasteiger partial charge in [0.2, 0.25) is 0 Å². The van der Waals surface area contributed by atoms with Crippen molar-refractivity contribution in [1.29, 1.82) is 0 Å². The third kappa shape index (κ3) is 4.76. The van der Waals surface area contributed by atoms with E-state index >= 15 is 0 Å². The standard InChI is InChI=1S/C18H17F2NO4/c1-25-18(24)12(9-11-5-7-13(22)8-6-11)10-21-17(23)16-14(19)3-2-4-15(16)20/h2-8,12,22H,9-10H2,1H3,(H,21,23)/t12-/m1/s1. The second-order valence-electron chi connectivity index (χ2n) is 5.40. The number of nitrogens with one attached hydrogen (secondary N) is 1. The number of phenols is 1. The summed E-state index contributed by atoms with van der Waals surface area (Å²) >= 11 is 0. The van der Waals surface area contributed by atoms with Crippen molar-refractivity contribution >= 4 is 11.9 Å². The Morgan fingerprint density at radius 1 is 1.12 bits per heavy atom. The van der Waals surface area contributed by atoms with Gasteiger partial charge in [0.1, 0.15) is 22.9 Å². The van der Waals surface area contributed by atoms with Crippen LogP contribution in [-0.2, 0) is 16.0 Å². The highest BCUT2D eigenvalue weighted by molar-refractivity contribution is 5.95. The highest BCUT2D eigenvalue weighted by atomic mass is 19.1. The minimum absolute atomic E-state index is 0.0849. The van der Waals surface area contributed by atoms with Crippen LogP contribution in [0.1, 0.15) is 15.9 Å². The molecule has 1 amide bonds. The van der Waals surface area contributed by atoms with E-state index in [0.717, 1.165) is 23.8 Å². The van der Waals surface area contributed by atoms with Crippen LogP contribution in [0.25, 0.3) is 0 Å². The second-order valence-corrected chi connectivity index (χ2v) is 5.40. The topological polar surface area (TPSA) is 75.6 Å². The molecule has 2 rings (SSSR count). The summed E-state index contributed by atoms with van der Waals surface area (Å²) in [6.45, 7) is -0.153. The van der Waals surface area contributed by atoms with Crippen molar-refractivity contribution in [2.24, 2.45) is 5.92 Å². The van der Waals surface area contributed by atoms with Crippen LogP contribution >= 0.6 is 0 Å². The van der Waals surface area contributed by atoms with Crippen LogP contribution in [0.15, 0.2) is 42.5 Å². The maximum absolute atomic E-state index is 13.6. The minimum atomic E-state index is -0.981. The number of ether oxygens (including phenoxy) is 1. The fraction of sp³-hybridized carbons (Fsp3) is 0.222. The van der Waals surface area contributed by atoms with Gasteiger partial charge in [0.25, 0.3) is 5.91 Å². The summed E-state index contributed by atoms with van der Waals surface area (Å²) in [5.74, 6) is -4.14. The molecule has 5 nitrogen and oxygen atoms in total. The smallest absolute Gasteiger partial charge is 0.310 e. The molecule has 0 radical (unpaired) electrons. The summed E-state index contributed by atoms with van der Waals surface area (Å²) in [5.41, 5.74) is 0.0373. The number of methoxy groups -OCH3 is 1. The molecule has 0 aliphatic carbocycles. The lowest BCUT2D eigenvalue weighted by molar-refractivity contribution is -0.145. The van der Waals surface area contributed by atoms with Crippen LogP contribution in [0.5, 0.6) is 5.75 Å². The zero-order chi connectivity index (χ0) is 18.4. The molecule has 0 bridgehead atoms. The summed E-state index contributed by atoms with van der Waals surface area (Å²) in [4.78, 5) is 23.9. The zero-order valence-electron chi connectivity index (χ0n) is 13.5. The fourth-order valence-corrected chi connectivity index (χ4v) is 2.34. The van der Waals surface area contributed by atoms with E-state index in [9.17, 15) is 23.5 Å². The molecule has 132 valence electrons. The number of hydrogen-bond donors (Lipinski definition) is 2. The van der Waals surface area contributed by atoms with Crippen LogP contribution < -0.4 is 5.32 Å². The van der Waals surface area contributed by atoms with E-state index in [1.54, 1.807) is 12.1 Å². The molecule has 25 heavy (non-hydrogen) atoms. The predicted molar refractivity (Wildman–Crippen MR) is 86.0 cm³/mol. The van der Waals surface area contributed by atoms with Crippen molar-refractivity contribution in [2.75, 3.05) is 13.7 Å². The van der Waals surface area contributed by atoms with E-state index in [4.69, 9.17) is 4.74 Å². The fourth-order valence-electron chi connectivity index (χ4n) is 2.34. The van der Waals surface area contributed by atoms with Crippen LogP contribution in [0.2, 0.25) is 0 Å². The number of phenolic OH excluding ortho intramolecular Hbond substituents is 1. The molecular weight excluding hydrogens is 332 g/mol. The third-order valence-electron chi connectivity index (χ3n) is 3.65. The summed E-state index contributed by atoms with van der Waals surface area (Å²) < 4.78 is 31.9. The van der Waals surface area contributed by atoms with Crippen molar-refractivity contribution in [3.05, 3.63) is 65.2 Å². The maximum Gasteiger partial charge on any atom is 0.310 e. The number of benzene rings is 2. The molecule has 0 saturated heterocycles. The first-order valence-corrected chi connectivity index (χ1v) is 7.50. The molecule has 0 unspecified atom stereocenters.